The number of hydrogen-bond donors (Lipinski definition) is 1. The molecular formula is C19H38N2. The van der Waals surface area contributed by atoms with Crippen LogP contribution < -0.4 is 5.32 Å². The minimum atomic E-state index is 0.501. The summed E-state index contributed by atoms with van der Waals surface area (Å²) in [4.78, 5) is 2.69. The van der Waals surface area contributed by atoms with Gasteiger partial charge in [0.1, 0.15) is 0 Å². The van der Waals surface area contributed by atoms with Crippen LogP contribution in [0.3, 0.4) is 0 Å². The van der Waals surface area contributed by atoms with E-state index in [-0.39, 0.29) is 0 Å². The lowest BCUT2D eigenvalue weighted by Crippen LogP contribution is -2.45. The van der Waals surface area contributed by atoms with Crippen LogP contribution in [0.2, 0.25) is 0 Å². The van der Waals surface area contributed by atoms with Gasteiger partial charge < -0.3 is 10.2 Å². The molecule has 1 saturated carbocycles. The fourth-order valence-electron chi connectivity index (χ4n) is 5.07. The number of likely N-dealkylation sites (tertiary alicyclic amines) is 1. The van der Waals surface area contributed by atoms with Crippen LogP contribution in [0.15, 0.2) is 0 Å². The summed E-state index contributed by atoms with van der Waals surface area (Å²) in [5, 5.41) is 3.86. The molecule has 1 N–H and O–H groups in total. The molecule has 0 amide bonds. The van der Waals surface area contributed by atoms with Crippen LogP contribution in [0.4, 0.5) is 0 Å². The average molecular weight is 295 g/mol. The van der Waals surface area contributed by atoms with E-state index in [2.05, 4.69) is 44.8 Å². The minimum Gasteiger partial charge on any atom is -0.314 e. The van der Waals surface area contributed by atoms with Crippen LogP contribution in [-0.2, 0) is 0 Å². The van der Waals surface area contributed by atoms with Gasteiger partial charge in [0, 0.05) is 12.1 Å². The van der Waals surface area contributed by atoms with Gasteiger partial charge in [-0.3, -0.25) is 0 Å². The Hall–Kier alpha value is -0.0800. The molecule has 0 radical (unpaired) electrons. The van der Waals surface area contributed by atoms with Crippen molar-refractivity contribution in [1.29, 1.82) is 0 Å². The molecule has 0 aromatic carbocycles. The van der Waals surface area contributed by atoms with Crippen LogP contribution in [0.25, 0.3) is 0 Å². The van der Waals surface area contributed by atoms with Crippen molar-refractivity contribution in [3.8, 4) is 0 Å². The SMILES string of the molecule is CC1CCCCN1CCCNC1CC(C)(C)CC(C)(C)C1. The first-order chi connectivity index (χ1) is 9.77. The Labute approximate surface area is 133 Å². The Morgan fingerprint density at radius 2 is 1.71 bits per heavy atom. The quantitative estimate of drug-likeness (QED) is 0.754. The van der Waals surface area contributed by atoms with Crippen molar-refractivity contribution in [3.05, 3.63) is 0 Å². The topological polar surface area (TPSA) is 15.3 Å². The van der Waals surface area contributed by atoms with Crippen molar-refractivity contribution in [2.45, 2.75) is 91.6 Å². The minimum absolute atomic E-state index is 0.501. The standard InChI is InChI=1S/C19H38N2/c1-16-9-6-7-11-21(16)12-8-10-20-17-13-18(2,3)15-19(4,5)14-17/h16-17,20H,6-15H2,1-5H3. The highest BCUT2D eigenvalue weighted by Gasteiger charge is 2.38. The number of hydrogen-bond acceptors (Lipinski definition) is 2. The zero-order valence-electron chi connectivity index (χ0n) is 15.2. The molecule has 2 aliphatic rings. The molecule has 0 aromatic heterocycles. The molecule has 0 aromatic rings. The summed E-state index contributed by atoms with van der Waals surface area (Å²) >= 11 is 0. The molecule has 0 bridgehead atoms. The monoisotopic (exact) mass is 294 g/mol. The fourth-order valence-corrected chi connectivity index (χ4v) is 5.07. The molecule has 2 heteroatoms. The van der Waals surface area contributed by atoms with Gasteiger partial charge >= 0.3 is 0 Å². The molecule has 2 rings (SSSR count). The maximum atomic E-state index is 3.86. The van der Waals surface area contributed by atoms with Crippen LogP contribution in [-0.4, -0.2) is 36.6 Å². The normalized spacial score (nSPS) is 30.4. The van der Waals surface area contributed by atoms with E-state index < -0.39 is 0 Å². The molecule has 1 heterocycles. The summed E-state index contributed by atoms with van der Waals surface area (Å²) in [5.74, 6) is 0. The van der Waals surface area contributed by atoms with E-state index >= 15 is 0 Å². The van der Waals surface area contributed by atoms with Gasteiger partial charge in [-0.15, -0.1) is 0 Å². The van der Waals surface area contributed by atoms with Gasteiger partial charge in [0.15, 0.2) is 0 Å². The fraction of sp³-hybridized carbons (Fsp3) is 1.00. The van der Waals surface area contributed by atoms with Gasteiger partial charge in [-0.25, -0.2) is 0 Å². The van der Waals surface area contributed by atoms with Gasteiger partial charge in [-0.05, 0) is 75.9 Å². The van der Waals surface area contributed by atoms with Crippen molar-refractivity contribution in [2.24, 2.45) is 10.8 Å². The maximum Gasteiger partial charge on any atom is 0.00772 e. The van der Waals surface area contributed by atoms with E-state index in [1.54, 1.807) is 0 Å². The molecule has 1 atom stereocenters. The van der Waals surface area contributed by atoms with Gasteiger partial charge in [0.2, 0.25) is 0 Å². The Morgan fingerprint density at radius 3 is 2.33 bits per heavy atom. The second-order valence-electron chi connectivity index (χ2n) is 9.30. The summed E-state index contributed by atoms with van der Waals surface area (Å²) in [6, 6.07) is 1.54. The van der Waals surface area contributed by atoms with Crippen molar-refractivity contribution in [1.82, 2.24) is 10.2 Å². The van der Waals surface area contributed by atoms with E-state index in [9.17, 15) is 0 Å². The molecule has 1 aliphatic carbocycles. The van der Waals surface area contributed by atoms with Crippen molar-refractivity contribution in [3.63, 3.8) is 0 Å². The molecule has 0 spiro atoms. The zero-order valence-corrected chi connectivity index (χ0v) is 15.2. The van der Waals surface area contributed by atoms with Gasteiger partial charge in [-0.1, -0.05) is 34.1 Å². The third kappa shape index (κ3) is 5.56. The summed E-state index contributed by atoms with van der Waals surface area (Å²) < 4.78 is 0. The molecule has 124 valence electrons. The van der Waals surface area contributed by atoms with Crippen LogP contribution in [0.5, 0.6) is 0 Å². The van der Waals surface area contributed by atoms with E-state index in [4.69, 9.17) is 0 Å². The molecule has 1 aliphatic heterocycles. The van der Waals surface area contributed by atoms with E-state index in [1.165, 1.54) is 64.6 Å². The zero-order chi connectivity index (χ0) is 15.5. The lowest BCUT2D eigenvalue weighted by Gasteiger charge is -2.45. The maximum absolute atomic E-state index is 3.86. The smallest absolute Gasteiger partial charge is 0.00772 e. The number of rotatable bonds is 5. The molecule has 1 unspecified atom stereocenters. The van der Waals surface area contributed by atoms with Crippen molar-refractivity contribution < 1.29 is 0 Å². The number of nitrogens with zero attached hydrogens (tertiary/aromatic N) is 1. The summed E-state index contributed by atoms with van der Waals surface area (Å²) in [5.41, 5.74) is 1.00. The predicted octanol–water partition coefficient (Wildman–Crippen LogP) is 4.45. The first kappa shape index (κ1) is 17.3. The van der Waals surface area contributed by atoms with E-state index in [0.717, 1.165) is 12.1 Å². The Kier molecular flexibility index (Phi) is 5.76. The Bertz CT molecular complexity index is 306. The van der Waals surface area contributed by atoms with Gasteiger partial charge in [0.05, 0.1) is 0 Å². The summed E-state index contributed by atoms with van der Waals surface area (Å²) in [7, 11) is 0. The first-order valence-electron chi connectivity index (χ1n) is 9.25. The van der Waals surface area contributed by atoms with E-state index in [1.807, 2.05) is 0 Å². The van der Waals surface area contributed by atoms with Gasteiger partial charge in [-0.2, -0.15) is 0 Å². The van der Waals surface area contributed by atoms with Crippen molar-refractivity contribution >= 4 is 0 Å². The number of piperidine rings is 1. The Balaban J connectivity index is 1.68. The molecule has 2 fully saturated rings. The van der Waals surface area contributed by atoms with Gasteiger partial charge in [0.25, 0.3) is 0 Å². The molecule has 2 nitrogen and oxygen atoms in total. The predicted molar refractivity (Wildman–Crippen MR) is 92.7 cm³/mol. The number of nitrogens with one attached hydrogen (secondary N) is 1. The highest BCUT2D eigenvalue weighted by molar-refractivity contribution is 4.92. The average Bonchev–Trinajstić information content (AvgIpc) is 2.33. The lowest BCUT2D eigenvalue weighted by molar-refractivity contribution is 0.0840. The third-order valence-corrected chi connectivity index (χ3v) is 5.55. The van der Waals surface area contributed by atoms with Crippen LogP contribution in [0.1, 0.15) is 79.6 Å². The third-order valence-electron chi connectivity index (χ3n) is 5.55. The van der Waals surface area contributed by atoms with E-state index in [0.29, 0.717) is 10.8 Å². The van der Waals surface area contributed by atoms with Crippen LogP contribution in [0, 0.1) is 10.8 Å². The molecule has 1 saturated heterocycles. The largest absolute Gasteiger partial charge is 0.314 e. The highest BCUT2D eigenvalue weighted by atomic mass is 15.2. The molecule has 21 heavy (non-hydrogen) atoms. The van der Waals surface area contributed by atoms with Crippen molar-refractivity contribution in [2.75, 3.05) is 19.6 Å². The summed E-state index contributed by atoms with van der Waals surface area (Å²) in [6.07, 6.45) is 9.60. The highest BCUT2D eigenvalue weighted by Crippen LogP contribution is 2.45. The second kappa shape index (κ2) is 7.00. The molecular weight excluding hydrogens is 256 g/mol. The summed E-state index contributed by atoms with van der Waals surface area (Å²) in [6.45, 7) is 16.0. The second-order valence-corrected chi connectivity index (χ2v) is 9.30. The Morgan fingerprint density at radius 1 is 1.05 bits per heavy atom. The van der Waals surface area contributed by atoms with Crippen LogP contribution >= 0.6 is 0 Å². The lowest BCUT2D eigenvalue weighted by atomic mass is 9.63. The first-order valence-corrected chi connectivity index (χ1v) is 9.25.